The van der Waals surface area contributed by atoms with Crippen molar-refractivity contribution >= 4 is 43.5 Å². The van der Waals surface area contributed by atoms with E-state index in [1.54, 1.807) is 25.4 Å². The van der Waals surface area contributed by atoms with Gasteiger partial charge in [-0.15, -0.1) is 0 Å². The molecule has 1 heterocycles. The third kappa shape index (κ3) is 3.16. The second kappa shape index (κ2) is 6.31. The van der Waals surface area contributed by atoms with Crippen LogP contribution < -0.4 is 5.32 Å². The van der Waals surface area contributed by atoms with Gasteiger partial charge < -0.3 is 5.32 Å². The zero-order chi connectivity index (χ0) is 14.0. The molecule has 1 unspecified atom stereocenters. The van der Waals surface area contributed by atoms with Gasteiger partial charge in [0, 0.05) is 20.7 Å². The van der Waals surface area contributed by atoms with E-state index in [2.05, 4.69) is 42.2 Å². The van der Waals surface area contributed by atoms with Crippen LogP contribution in [0, 0.1) is 5.82 Å². The van der Waals surface area contributed by atoms with Gasteiger partial charge in [-0.3, -0.25) is 4.98 Å². The van der Waals surface area contributed by atoms with Crippen LogP contribution in [0.25, 0.3) is 0 Å². The summed E-state index contributed by atoms with van der Waals surface area (Å²) in [4.78, 5) is 4.29. The predicted molar refractivity (Wildman–Crippen MR) is 81.9 cm³/mol. The number of hydrogen-bond acceptors (Lipinski definition) is 2. The molecule has 0 spiro atoms. The quantitative estimate of drug-likeness (QED) is 0.744. The fourth-order valence-corrected chi connectivity index (χ4v) is 2.50. The largest absolute Gasteiger partial charge is 0.308 e. The van der Waals surface area contributed by atoms with Crippen molar-refractivity contribution in [3.05, 3.63) is 61.5 Å². The second-order valence-corrected chi connectivity index (χ2v) is 6.04. The molecule has 0 aliphatic rings. The lowest BCUT2D eigenvalue weighted by Crippen LogP contribution is -2.20. The molecule has 1 N–H and O–H groups in total. The van der Waals surface area contributed by atoms with Gasteiger partial charge in [0.1, 0.15) is 5.82 Å². The van der Waals surface area contributed by atoms with Gasteiger partial charge in [0.15, 0.2) is 0 Å². The summed E-state index contributed by atoms with van der Waals surface area (Å²) >= 11 is 12.4. The van der Waals surface area contributed by atoms with Crippen LogP contribution in [0.1, 0.15) is 17.3 Å². The molecule has 19 heavy (non-hydrogen) atoms. The highest BCUT2D eigenvalue weighted by Gasteiger charge is 2.20. The first-order chi connectivity index (χ1) is 9.04. The lowest BCUT2D eigenvalue weighted by Gasteiger charge is -2.18. The maximum Gasteiger partial charge on any atom is 0.148 e. The number of hydrogen-bond donors (Lipinski definition) is 1. The molecule has 1 atom stereocenters. The van der Waals surface area contributed by atoms with E-state index in [0.29, 0.717) is 10.0 Å². The molecule has 0 amide bonds. The smallest absolute Gasteiger partial charge is 0.148 e. The molecule has 6 heteroatoms. The SMILES string of the molecule is CNC(c1ccc(Br)cn1)c1ccc(Br)c(Cl)c1F. The van der Waals surface area contributed by atoms with Crippen molar-refractivity contribution in [3.8, 4) is 0 Å². The normalized spacial score (nSPS) is 12.5. The molecule has 100 valence electrons. The average Bonchev–Trinajstić information content (AvgIpc) is 2.41. The van der Waals surface area contributed by atoms with Gasteiger partial charge in [0.05, 0.1) is 16.8 Å². The van der Waals surface area contributed by atoms with Crippen LogP contribution in [0.15, 0.2) is 39.4 Å². The van der Waals surface area contributed by atoms with Crippen molar-refractivity contribution in [2.75, 3.05) is 7.05 Å². The summed E-state index contributed by atoms with van der Waals surface area (Å²) in [6.45, 7) is 0. The Morgan fingerprint density at radius 1 is 1.26 bits per heavy atom. The molecule has 0 saturated carbocycles. The Morgan fingerprint density at radius 2 is 2.00 bits per heavy atom. The zero-order valence-corrected chi connectivity index (χ0v) is 13.9. The number of rotatable bonds is 3. The number of benzene rings is 1. The number of pyridine rings is 1. The van der Waals surface area contributed by atoms with Crippen molar-refractivity contribution in [1.82, 2.24) is 10.3 Å². The Kier molecular flexibility index (Phi) is 4.95. The zero-order valence-electron chi connectivity index (χ0n) is 9.92. The summed E-state index contributed by atoms with van der Waals surface area (Å²) in [6, 6.07) is 6.77. The van der Waals surface area contributed by atoms with Crippen LogP contribution in [-0.2, 0) is 0 Å². The summed E-state index contributed by atoms with van der Waals surface area (Å²) < 4.78 is 15.6. The van der Waals surface area contributed by atoms with E-state index in [9.17, 15) is 4.39 Å². The van der Waals surface area contributed by atoms with Crippen molar-refractivity contribution in [2.24, 2.45) is 0 Å². The Morgan fingerprint density at radius 3 is 2.58 bits per heavy atom. The minimum atomic E-state index is -0.444. The molecule has 0 bridgehead atoms. The van der Waals surface area contributed by atoms with E-state index in [0.717, 1.165) is 10.2 Å². The number of nitrogens with one attached hydrogen (secondary N) is 1. The van der Waals surface area contributed by atoms with E-state index in [4.69, 9.17) is 11.6 Å². The molecule has 1 aromatic carbocycles. The molecular formula is C13H10Br2ClFN2. The van der Waals surface area contributed by atoms with Crippen molar-refractivity contribution in [3.63, 3.8) is 0 Å². The Hall–Kier alpha value is -0.490. The van der Waals surface area contributed by atoms with Gasteiger partial charge in [-0.05, 0) is 57.1 Å². The fraction of sp³-hybridized carbons (Fsp3) is 0.154. The third-order valence-corrected chi connectivity index (χ3v) is 4.44. The molecule has 0 radical (unpaired) electrons. The standard InChI is InChI=1S/C13H10Br2ClFN2/c1-18-13(10-5-2-7(14)6-19-10)8-3-4-9(15)11(16)12(8)17/h2-6,13,18H,1H3. The second-order valence-electron chi connectivity index (χ2n) is 3.89. The average molecular weight is 408 g/mol. The van der Waals surface area contributed by atoms with Crippen LogP contribution in [0.3, 0.4) is 0 Å². The number of nitrogens with zero attached hydrogens (tertiary/aromatic N) is 1. The Bertz CT molecular complexity index is 590. The summed E-state index contributed by atoms with van der Waals surface area (Å²) in [7, 11) is 1.75. The molecule has 2 rings (SSSR count). The first-order valence-electron chi connectivity index (χ1n) is 5.46. The first kappa shape index (κ1) is 14.9. The topological polar surface area (TPSA) is 24.9 Å². The molecule has 1 aromatic heterocycles. The van der Waals surface area contributed by atoms with Gasteiger partial charge in [0.2, 0.25) is 0 Å². The summed E-state index contributed by atoms with van der Waals surface area (Å²) in [5.74, 6) is -0.444. The highest BCUT2D eigenvalue weighted by Crippen LogP contribution is 2.32. The third-order valence-electron chi connectivity index (χ3n) is 2.71. The molecule has 2 nitrogen and oxygen atoms in total. The molecular weight excluding hydrogens is 398 g/mol. The minimum Gasteiger partial charge on any atom is -0.308 e. The molecule has 0 saturated heterocycles. The summed E-state index contributed by atoms with van der Waals surface area (Å²) in [6.07, 6.45) is 1.68. The van der Waals surface area contributed by atoms with Crippen molar-refractivity contribution in [1.29, 1.82) is 0 Å². The van der Waals surface area contributed by atoms with Crippen LogP contribution in [0.2, 0.25) is 5.02 Å². The first-order valence-corrected chi connectivity index (χ1v) is 7.43. The van der Waals surface area contributed by atoms with Crippen LogP contribution in [-0.4, -0.2) is 12.0 Å². The van der Waals surface area contributed by atoms with Gasteiger partial charge in [-0.1, -0.05) is 17.7 Å². The number of aromatic nitrogens is 1. The lowest BCUT2D eigenvalue weighted by atomic mass is 10.0. The van der Waals surface area contributed by atoms with E-state index in [1.807, 2.05) is 12.1 Å². The van der Waals surface area contributed by atoms with Crippen molar-refractivity contribution < 1.29 is 4.39 Å². The van der Waals surface area contributed by atoms with E-state index in [1.165, 1.54) is 0 Å². The van der Waals surface area contributed by atoms with Gasteiger partial charge >= 0.3 is 0 Å². The fourth-order valence-electron chi connectivity index (χ4n) is 1.78. The van der Waals surface area contributed by atoms with Gasteiger partial charge in [0.25, 0.3) is 0 Å². The lowest BCUT2D eigenvalue weighted by molar-refractivity contribution is 0.570. The molecule has 2 aromatic rings. The molecule has 0 aliphatic heterocycles. The van der Waals surface area contributed by atoms with E-state index in [-0.39, 0.29) is 11.1 Å². The maximum atomic E-state index is 14.2. The highest BCUT2D eigenvalue weighted by atomic mass is 79.9. The highest BCUT2D eigenvalue weighted by molar-refractivity contribution is 9.10. The monoisotopic (exact) mass is 406 g/mol. The molecule has 0 aliphatic carbocycles. The van der Waals surface area contributed by atoms with Crippen LogP contribution in [0.5, 0.6) is 0 Å². The summed E-state index contributed by atoms with van der Waals surface area (Å²) in [5.41, 5.74) is 1.19. The molecule has 0 fully saturated rings. The van der Waals surface area contributed by atoms with E-state index < -0.39 is 5.82 Å². The van der Waals surface area contributed by atoms with Crippen molar-refractivity contribution in [2.45, 2.75) is 6.04 Å². The Balaban J connectivity index is 2.48. The van der Waals surface area contributed by atoms with Crippen LogP contribution in [0.4, 0.5) is 4.39 Å². The van der Waals surface area contributed by atoms with Gasteiger partial charge in [-0.2, -0.15) is 0 Å². The minimum absolute atomic E-state index is 0.0786. The predicted octanol–water partition coefficient (Wildman–Crippen LogP) is 4.71. The van der Waals surface area contributed by atoms with Gasteiger partial charge in [-0.25, -0.2) is 4.39 Å². The summed E-state index contributed by atoms with van der Waals surface area (Å²) in [5, 5.41) is 3.13. The maximum absolute atomic E-state index is 14.2. The Labute approximate surface area is 132 Å². The van der Waals surface area contributed by atoms with E-state index >= 15 is 0 Å². The number of halogens is 4. The van der Waals surface area contributed by atoms with Crippen LogP contribution >= 0.6 is 43.5 Å².